The van der Waals surface area contributed by atoms with Crippen molar-refractivity contribution in [3.63, 3.8) is 0 Å². The molecular weight excluding hydrogens is 218 g/mol. The molecule has 1 unspecified atom stereocenters. The van der Waals surface area contributed by atoms with Crippen LogP contribution in [0.2, 0.25) is 5.02 Å². The van der Waals surface area contributed by atoms with E-state index < -0.39 is 12.0 Å². The highest BCUT2D eigenvalue weighted by Gasteiger charge is 2.22. The number of carboxylic acids is 1. The Kier molecular flexibility index (Phi) is 3.55. The van der Waals surface area contributed by atoms with Gasteiger partial charge in [-0.15, -0.1) is 0 Å². The van der Waals surface area contributed by atoms with Gasteiger partial charge in [-0.05, 0) is 24.6 Å². The van der Waals surface area contributed by atoms with Crippen LogP contribution in [-0.2, 0) is 4.79 Å². The first-order chi connectivity index (χ1) is 6.99. The van der Waals surface area contributed by atoms with Crippen LogP contribution in [0.25, 0.3) is 0 Å². The summed E-state index contributed by atoms with van der Waals surface area (Å²) in [7, 11) is 1.46. The Hall–Kier alpha value is -1.26. The molecule has 0 spiro atoms. The smallest absolute Gasteiger partial charge is 0.325 e. The number of hydrogen-bond acceptors (Lipinski definition) is 3. The number of carbonyl (C=O) groups is 1. The molecule has 0 aliphatic rings. The predicted molar refractivity (Wildman–Crippen MR) is 57.3 cm³/mol. The van der Waals surface area contributed by atoms with Crippen molar-refractivity contribution in [3.8, 4) is 5.75 Å². The van der Waals surface area contributed by atoms with Crippen molar-refractivity contribution in [2.24, 2.45) is 5.73 Å². The normalized spacial score (nSPS) is 12.3. The summed E-state index contributed by atoms with van der Waals surface area (Å²) in [5.74, 6) is -0.675. The third-order valence-corrected chi connectivity index (χ3v) is 2.62. The van der Waals surface area contributed by atoms with E-state index in [1.807, 2.05) is 0 Å². The molecule has 0 aliphatic heterocycles. The Bertz CT molecular complexity index is 392. The van der Waals surface area contributed by atoms with Gasteiger partial charge < -0.3 is 15.6 Å². The summed E-state index contributed by atoms with van der Waals surface area (Å²) >= 11 is 5.89. The third kappa shape index (κ3) is 2.22. The summed E-state index contributed by atoms with van der Waals surface area (Å²) in [5.41, 5.74) is 6.59. The zero-order chi connectivity index (χ0) is 11.6. The number of aliphatic carboxylic acids is 1. The van der Waals surface area contributed by atoms with Crippen LogP contribution in [-0.4, -0.2) is 18.2 Å². The van der Waals surface area contributed by atoms with Crippen molar-refractivity contribution in [2.45, 2.75) is 13.0 Å². The average molecular weight is 230 g/mol. The molecule has 0 amide bonds. The molecule has 1 aromatic rings. The molecule has 0 aliphatic carbocycles. The second kappa shape index (κ2) is 4.51. The predicted octanol–water partition coefficient (Wildman–Crippen LogP) is 1.74. The molecule has 0 saturated carbocycles. The number of methoxy groups -OCH3 is 1. The zero-order valence-electron chi connectivity index (χ0n) is 8.45. The summed E-state index contributed by atoms with van der Waals surface area (Å²) in [5, 5.41) is 9.32. The summed E-state index contributed by atoms with van der Waals surface area (Å²) in [6.45, 7) is 1.71. The fourth-order valence-electron chi connectivity index (χ4n) is 1.37. The second-order valence-corrected chi connectivity index (χ2v) is 3.51. The van der Waals surface area contributed by atoms with Crippen molar-refractivity contribution in [1.82, 2.24) is 0 Å². The van der Waals surface area contributed by atoms with Gasteiger partial charge in [0.1, 0.15) is 11.8 Å². The van der Waals surface area contributed by atoms with Crippen LogP contribution in [0.1, 0.15) is 17.2 Å². The van der Waals surface area contributed by atoms with E-state index in [1.54, 1.807) is 19.1 Å². The minimum Gasteiger partial charge on any atom is -0.496 e. The van der Waals surface area contributed by atoms with Crippen LogP contribution >= 0.6 is 11.6 Å². The summed E-state index contributed by atoms with van der Waals surface area (Å²) in [6, 6.07) is 2.12. The monoisotopic (exact) mass is 229 g/mol. The standard InChI is InChI=1S/C10H12ClNO3/c1-5-6(11)3-4-7(15-2)8(5)9(12)10(13)14/h3-4,9H,12H2,1-2H3,(H,13,14). The highest BCUT2D eigenvalue weighted by molar-refractivity contribution is 6.31. The average Bonchev–Trinajstić information content (AvgIpc) is 2.20. The van der Waals surface area contributed by atoms with Crippen LogP contribution in [0.4, 0.5) is 0 Å². The summed E-state index contributed by atoms with van der Waals surface area (Å²) < 4.78 is 5.05. The van der Waals surface area contributed by atoms with Gasteiger partial charge >= 0.3 is 5.97 Å². The Morgan fingerprint density at radius 2 is 2.20 bits per heavy atom. The number of carboxylic acid groups (broad SMARTS) is 1. The second-order valence-electron chi connectivity index (χ2n) is 3.10. The fourth-order valence-corrected chi connectivity index (χ4v) is 1.53. The number of benzene rings is 1. The molecule has 1 rings (SSSR count). The minimum atomic E-state index is -1.13. The van der Waals surface area contributed by atoms with Crippen LogP contribution in [0.5, 0.6) is 5.75 Å². The van der Waals surface area contributed by atoms with Crippen molar-refractivity contribution in [1.29, 1.82) is 0 Å². The number of ether oxygens (including phenoxy) is 1. The van der Waals surface area contributed by atoms with Crippen molar-refractivity contribution in [3.05, 3.63) is 28.3 Å². The van der Waals surface area contributed by atoms with E-state index in [9.17, 15) is 4.79 Å². The third-order valence-electron chi connectivity index (χ3n) is 2.21. The molecule has 0 heterocycles. The molecule has 4 nitrogen and oxygen atoms in total. The molecule has 0 aromatic heterocycles. The van der Waals surface area contributed by atoms with E-state index in [0.29, 0.717) is 21.9 Å². The molecule has 0 bridgehead atoms. The molecule has 3 N–H and O–H groups in total. The van der Waals surface area contributed by atoms with Gasteiger partial charge in [0.25, 0.3) is 0 Å². The van der Waals surface area contributed by atoms with Gasteiger partial charge in [0, 0.05) is 10.6 Å². The van der Waals surface area contributed by atoms with E-state index >= 15 is 0 Å². The Labute approximate surface area is 92.6 Å². The van der Waals surface area contributed by atoms with E-state index in [2.05, 4.69) is 0 Å². The molecule has 1 atom stereocenters. The number of nitrogens with two attached hydrogens (primary N) is 1. The van der Waals surface area contributed by atoms with Crippen molar-refractivity contribution >= 4 is 17.6 Å². The van der Waals surface area contributed by atoms with Gasteiger partial charge in [0.2, 0.25) is 0 Å². The van der Waals surface area contributed by atoms with E-state index in [-0.39, 0.29) is 0 Å². The van der Waals surface area contributed by atoms with Gasteiger partial charge in [-0.2, -0.15) is 0 Å². The lowest BCUT2D eigenvalue weighted by atomic mass is 10.0. The summed E-state index contributed by atoms with van der Waals surface area (Å²) in [4.78, 5) is 10.8. The maximum absolute atomic E-state index is 10.8. The first kappa shape index (κ1) is 11.8. The lowest BCUT2D eigenvalue weighted by molar-refractivity contribution is -0.138. The minimum absolute atomic E-state index is 0.414. The largest absolute Gasteiger partial charge is 0.496 e. The van der Waals surface area contributed by atoms with Gasteiger partial charge in [-0.1, -0.05) is 11.6 Å². The Morgan fingerprint density at radius 1 is 1.60 bits per heavy atom. The topological polar surface area (TPSA) is 72.5 Å². The molecule has 0 radical (unpaired) electrons. The van der Waals surface area contributed by atoms with Crippen LogP contribution in [0.15, 0.2) is 12.1 Å². The Morgan fingerprint density at radius 3 is 2.67 bits per heavy atom. The fraction of sp³-hybridized carbons (Fsp3) is 0.300. The van der Waals surface area contributed by atoms with Gasteiger partial charge in [-0.3, -0.25) is 4.79 Å². The number of hydrogen-bond donors (Lipinski definition) is 2. The molecule has 5 heteroatoms. The molecule has 0 fully saturated rings. The highest BCUT2D eigenvalue weighted by Crippen LogP contribution is 2.31. The SMILES string of the molecule is COc1ccc(Cl)c(C)c1C(N)C(=O)O. The van der Waals surface area contributed by atoms with Crippen LogP contribution in [0.3, 0.4) is 0 Å². The van der Waals surface area contributed by atoms with Gasteiger partial charge in [-0.25, -0.2) is 0 Å². The van der Waals surface area contributed by atoms with Crippen molar-refractivity contribution in [2.75, 3.05) is 7.11 Å². The molecule has 1 aromatic carbocycles. The highest BCUT2D eigenvalue weighted by atomic mass is 35.5. The lowest BCUT2D eigenvalue weighted by Gasteiger charge is -2.15. The first-order valence-electron chi connectivity index (χ1n) is 4.30. The van der Waals surface area contributed by atoms with E-state index in [4.69, 9.17) is 27.2 Å². The van der Waals surface area contributed by atoms with E-state index in [1.165, 1.54) is 7.11 Å². The maximum atomic E-state index is 10.8. The Balaban J connectivity index is 3.35. The van der Waals surface area contributed by atoms with Crippen molar-refractivity contribution < 1.29 is 14.6 Å². The first-order valence-corrected chi connectivity index (χ1v) is 4.68. The number of rotatable bonds is 3. The van der Waals surface area contributed by atoms with Crippen LogP contribution in [0, 0.1) is 6.92 Å². The van der Waals surface area contributed by atoms with Gasteiger partial charge in [0.15, 0.2) is 0 Å². The molecule has 15 heavy (non-hydrogen) atoms. The maximum Gasteiger partial charge on any atom is 0.325 e. The van der Waals surface area contributed by atoms with E-state index in [0.717, 1.165) is 0 Å². The summed E-state index contributed by atoms with van der Waals surface area (Å²) in [6.07, 6.45) is 0. The zero-order valence-corrected chi connectivity index (χ0v) is 9.21. The van der Waals surface area contributed by atoms with Crippen LogP contribution < -0.4 is 10.5 Å². The molecule has 0 saturated heterocycles. The molecular formula is C10H12ClNO3. The molecule has 82 valence electrons. The number of halogens is 1. The van der Waals surface area contributed by atoms with Gasteiger partial charge in [0.05, 0.1) is 7.11 Å². The quantitative estimate of drug-likeness (QED) is 0.828. The lowest BCUT2D eigenvalue weighted by Crippen LogP contribution is -2.22.